The second kappa shape index (κ2) is 9.57. The van der Waals surface area contributed by atoms with Gasteiger partial charge in [-0.2, -0.15) is 5.10 Å². The van der Waals surface area contributed by atoms with Crippen LogP contribution in [-0.2, 0) is 13.0 Å². The van der Waals surface area contributed by atoms with Crippen molar-refractivity contribution in [2.75, 3.05) is 23.3 Å². The molecule has 0 radical (unpaired) electrons. The fraction of sp³-hybridized carbons (Fsp3) is 0.385. The molecule has 3 aromatic rings. The third kappa shape index (κ3) is 5.13. The van der Waals surface area contributed by atoms with Crippen molar-refractivity contribution < 1.29 is 9.90 Å². The van der Waals surface area contributed by atoms with E-state index in [1.807, 2.05) is 26.0 Å². The van der Waals surface area contributed by atoms with Gasteiger partial charge in [-0.3, -0.25) is 9.89 Å². The highest BCUT2D eigenvalue weighted by molar-refractivity contribution is 5.99. The molecule has 0 atom stereocenters. The van der Waals surface area contributed by atoms with Crippen LogP contribution in [0.5, 0.6) is 5.75 Å². The standard InChI is InChI=1S/C26H33N5O2/c1-16-8-10-31(11-9-16)21-6-4-19(5-7-21)14-22-23(25(27)33)26(30-29-22)28-15-20-12-17(2)24(32)18(3)13-20/h4-7,12-13,16,32H,8-11,14-15H2,1-3H3,(H2,27,33)(H2,28,29,30). The van der Waals surface area contributed by atoms with Crippen molar-refractivity contribution >= 4 is 17.4 Å². The molecule has 1 aliphatic heterocycles. The average molecular weight is 448 g/mol. The van der Waals surface area contributed by atoms with E-state index in [4.69, 9.17) is 5.73 Å². The lowest BCUT2D eigenvalue weighted by Gasteiger charge is -2.32. The number of H-pyrrole nitrogens is 1. The fourth-order valence-corrected chi connectivity index (χ4v) is 4.53. The van der Waals surface area contributed by atoms with Crippen molar-refractivity contribution in [2.45, 2.75) is 46.6 Å². The van der Waals surface area contributed by atoms with Crippen molar-refractivity contribution in [1.29, 1.82) is 0 Å². The molecule has 1 amide bonds. The Bertz CT molecular complexity index is 1110. The summed E-state index contributed by atoms with van der Waals surface area (Å²) < 4.78 is 0. The van der Waals surface area contributed by atoms with Crippen LogP contribution in [-0.4, -0.2) is 34.3 Å². The molecule has 0 unspecified atom stereocenters. The van der Waals surface area contributed by atoms with Crippen LogP contribution in [0.15, 0.2) is 36.4 Å². The molecule has 2 heterocycles. The van der Waals surface area contributed by atoms with Crippen molar-refractivity contribution in [1.82, 2.24) is 10.2 Å². The van der Waals surface area contributed by atoms with Gasteiger partial charge in [0.1, 0.15) is 11.3 Å². The SMILES string of the molecule is Cc1cc(CNc2n[nH]c(Cc3ccc(N4CCC(C)CC4)cc3)c2C(N)=O)cc(C)c1O. The molecule has 0 aliphatic carbocycles. The third-order valence-electron chi connectivity index (χ3n) is 6.56. The minimum Gasteiger partial charge on any atom is -0.507 e. The lowest BCUT2D eigenvalue weighted by atomic mass is 9.98. The predicted molar refractivity (Wildman–Crippen MR) is 132 cm³/mol. The fourth-order valence-electron chi connectivity index (χ4n) is 4.53. The molecule has 0 spiro atoms. The summed E-state index contributed by atoms with van der Waals surface area (Å²) in [6.45, 7) is 8.71. The molecule has 1 saturated heterocycles. The molecule has 1 aliphatic rings. The number of aromatic hydroxyl groups is 1. The van der Waals surface area contributed by atoms with Crippen LogP contribution < -0.4 is 16.0 Å². The number of anilines is 2. The first-order valence-electron chi connectivity index (χ1n) is 11.6. The first kappa shape index (κ1) is 22.7. The first-order valence-corrected chi connectivity index (χ1v) is 11.6. The van der Waals surface area contributed by atoms with Gasteiger partial charge in [0, 0.05) is 31.7 Å². The van der Waals surface area contributed by atoms with Crippen LogP contribution in [0.4, 0.5) is 11.5 Å². The van der Waals surface area contributed by atoms with Crippen molar-refractivity contribution in [3.05, 3.63) is 69.9 Å². The summed E-state index contributed by atoms with van der Waals surface area (Å²) in [5.41, 5.74) is 11.7. The van der Waals surface area contributed by atoms with E-state index in [-0.39, 0.29) is 0 Å². The summed E-state index contributed by atoms with van der Waals surface area (Å²) in [6.07, 6.45) is 3.01. The normalized spacial score (nSPS) is 14.5. The predicted octanol–water partition coefficient (Wildman–Crippen LogP) is 4.27. The lowest BCUT2D eigenvalue weighted by molar-refractivity contribution is 0.100. The number of aromatic nitrogens is 2. The Labute approximate surface area is 195 Å². The maximum Gasteiger partial charge on any atom is 0.254 e. The molecule has 5 N–H and O–H groups in total. The largest absolute Gasteiger partial charge is 0.507 e. The van der Waals surface area contributed by atoms with E-state index in [1.54, 1.807) is 0 Å². The highest BCUT2D eigenvalue weighted by atomic mass is 16.3. The number of benzene rings is 2. The number of hydrogen-bond acceptors (Lipinski definition) is 5. The highest BCUT2D eigenvalue weighted by Crippen LogP contribution is 2.26. The zero-order valence-corrected chi connectivity index (χ0v) is 19.6. The number of carbonyl (C=O) groups is 1. The molecule has 1 fully saturated rings. The molecule has 1 aromatic heterocycles. The van der Waals surface area contributed by atoms with Gasteiger partial charge in [0.15, 0.2) is 5.82 Å². The van der Waals surface area contributed by atoms with Crippen LogP contribution in [0.3, 0.4) is 0 Å². The van der Waals surface area contributed by atoms with Gasteiger partial charge in [-0.1, -0.05) is 31.2 Å². The topological polar surface area (TPSA) is 107 Å². The van der Waals surface area contributed by atoms with E-state index in [0.717, 1.165) is 41.3 Å². The van der Waals surface area contributed by atoms with Crippen LogP contribution >= 0.6 is 0 Å². The quantitative estimate of drug-likeness (QED) is 0.433. The average Bonchev–Trinajstić information content (AvgIpc) is 3.19. The number of phenols is 1. The second-order valence-electron chi connectivity index (χ2n) is 9.23. The monoisotopic (exact) mass is 447 g/mol. The van der Waals surface area contributed by atoms with Gasteiger partial charge in [0.25, 0.3) is 5.91 Å². The molecule has 7 heteroatoms. The third-order valence-corrected chi connectivity index (χ3v) is 6.56. The van der Waals surface area contributed by atoms with Gasteiger partial charge in [-0.25, -0.2) is 0 Å². The van der Waals surface area contributed by atoms with Crippen LogP contribution in [0.2, 0.25) is 0 Å². The van der Waals surface area contributed by atoms with Gasteiger partial charge in [-0.05, 0) is 67.0 Å². The zero-order chi connectivity index (χ0) is 23.5. The van der Waals surface area contributed by atoms with E-state index in [1.165, 1.54) is 18.5 Å². The van der Waals surface area contributed by atoms with Gasteiger partial charge in [0.05, 0.1) is 5.69 Å². The number of nitrogens with zero attached hydrogens (tertiary/aromatic N) is 2. The Hall–Kier alpha value is -3.48. The van der Waals surface area contributed by atoms with Gasteiger partial charge in [-0.15, -0.1) is 0 Å². The van der Waals surface area contributed by atoms with Crippen LogP contribution in [0.25, 0.3) is 0 Å². The Balaban J connectivity index is 1.46. The summed E-state index contributed by atoms with van der Waals surface area (Å²) in [6, 6.07) is 12.3. The molecule has 174 valence electrons. The summed E-state index contributed by atoms with van der Waals surface area (Å²) in [5, 5.41) is 20.5. The van der Waals surface area contributed by atoms with E-state index in [9.17, 15) is 9.90 Å². The smallest absolute Gasteiger partial charge is 0.254 e. The molecule has 0 saturated carbocycles. The minimum absolute atomic E-state index is 0.305. The molecule has 0 bridgehead atoms. The second-order valence-corrected chi connectivity index (χ2v) is 9.23. The number of phenolic OH excluding ortho intramolecular Hbond substituents is 1. The van der Waals surface area contributed by atoms with Crippen molar-refractivity contribution in [3.63, 3.8) is 0 Å². The summed E-state index contributed by atoms with van der Waals surface area (Å²) in [7, 11) is 0. The number of aromatic amines is 1. The number of nitrogens with two attached hydrogens (primary N) is 1. The van der Waals surface area contributed by atoms with E-state index >= 15 is 0 Å². The van der Waals surface area contributed by atoms with Gasteiger partial charge in [0.2, 0.25) is 0 Å². The number of amides is 1. The highest BCUT2D eigenvalue weighted by Gasteiger charge is 2.19. The van der Waals surface area contributed by atoms with Crippen molar-refractivity contribution in [2.24, 2.45) is 11.7 Å². The Morgan fingerprint density at radius 2 is 1.79 bits per heavy atom. The Morgan fingerprint density at radius 1 is 1.15 bits per heavy atom. The van der Waals surface area contributed by atoms with E-state index in [0.29, 0.717) is 35.8 Å². The Morgan fingerprint density at radius 3 is 2.39 bits per heavy atom. The van der Waals surface area contributed by atoms with Crippen molar-refractivity contribution in [3.8, 4) is 5.75 Å². The summed E-state index contributed by atoms with van der Waals surface area (Å²) >= 11 is 0. The van der Waals surface area contributed by atoms with Gasteiger partial charge < -0.3 is 21.1 Å². The molecule has 7 nitrogen and oxygen atoms in total. The maximum absolute atomic E-state index is 12.2. The van der Waals surface area contributed by atoms with E-state index < -0.39 is 5.91 Å². The molecule has 33 heavy (non-hydrogen) atoms. The molecular weight excluding hydrogens is 414 g/mol. The maximum atomic E-state index is 12.2. The first-order chi connectivity index (χ1) is 15.8. The van der Waals surface area contributed by atoms with Gasteiger partial charge >= 0.3 is 0 Å². The molecular formula is C26H33N5O2. The van der Waals surface area contributed by atoms with Crippen LogP contribution in [0.1, 0.15) is 58.1 Å². The lowest BCUT2D eigenvalue weighted by Crippen LogP contribution is -2.32. The Kier molecular flexibility index (Phi) is 6.58. The number of primary amides is 1. The number of carbonyl (C=O) groups excluding carboxylic acids is 1. The zero-order valence-electron chi connectivity index (χ0n) is 19.6. The number of hydrogen-bond donors (Lipinski definition) is 4. The van der Waals surface area contributed by atoms with E-state index in [2.05, 4.69) is 51.6 Å². The number of piperidine rings is 1. The number of rotatable bonds is 7. The number of aryl methyl sites for hydroxylation is 2. The minimum atomic E-state index is -0.515. The molecule has 2 aromatic carbocycles. The summed E-state index contributed by atoms with van der Waals surface area (Å²) in [4.78, 5) is 14.7. The molecule has 4 rings (SSSR count). The van der Waals surface area contributed by atoms with Crippen LogP contribution in [0, 0.1) is 19.8 Å². The number of nitrogens with one attached hydrogen (secondary N) is 2. The summed E-state index contributed by atoms with van der Waals surface area (Å²) in [5.74, 6) is 1.04.